The van der Waals surface area contributed by atoms with Crippen LogP contribution < -0.4 is 0 Å². The van der Waals surface area contributed by atoms with Crippen molar-refractivity contribution in [2.24, 2.45) is 0 Å². The fourth-order valence-corrected chi connectivity index (χ4v) is 11.8. The molecule has 2 aromatic rings. The van der Waals surface area contributed by atoms with Crippen molar-refractivity contribution in [1.82, 2.24) is 0 Å². The van der Waals surface area contributed by atoms with E-state index in [0.29, 0.717) is 0 Å². The predicted octanol–water partition coefficient (Wildman–Crippen LogP) is 22.8. The van der Waals surface area contributed by atoms with Gasteiger partial charge in [-0.2, -0.15) is 0 Å². The smallest absolute Gasteiger partial charge is 0.493 e. The average molecular weight is 1010 g/mol. The summed E-state index contributed by atoms with van der Waals surface area (Å²) in [6, 6.07) is 17.9. The molecule has 1 heterocycles. The summed E-state index contributed by atoms with van der Waals surface area (Å²) < 4.78 is 1.55. The van der Waals surface area contributed by atoms with Gasteiger partial charge in [0.15, 0.2) is 0 Å². The first kappa shape index (κ1) is 61.3. The molecule has 0 radical (unpaired) electrons. The molecule has 0 bridgehead atoms. The van der Waals surface area contributed by atoms with Crippen LogP contribution in [0.1, 0.15) is 308 Å². The molecule has 67 heavy (non-hydrogen) atoms. The van der Waals surface area contributed by atoms with Crippen LogP contribution in [0, 0.1) is 0 Å². The number of rotatable bonds is 44. The van der Waals surface area contributed by atoms with E-state index in [1.165, 1.54) is 228 Å². The van der Waals surface area contributed by atoms with Crippen LogP contribution in [-0.4, -0.2) is 4.70 Å². The number of nitrogens with zero attached hydrogens (tertiary/aromatic N) is 2. The van der Waals surface area contributed by atoms with Crippen LogP contribution in [0.25, 0.3) is 16.9 Å². The van der Waals surface area contributed by atoms with E-state index in [1.807, 2.05) is 0 Å². The van der Waals surface area contributed by atoms with E-state index in [1.54, 1.807) is 14.5 Å². The van der Waals surface area contributed by atoms with Crippen molar-refractivity contribution in [3.05, 3.63) is 87.5 Å². The topological polar surface area (TPSA) is 25.3 Å². The zero-order valence-corrected chi connectivity index (χ0v) is 47.1. The molecule has 0 amide bonds. The Morgan fingerprint density at radius 1 is 0.328 bits per heavy atom. The molecule has 2 nitrogen and oxygen atoms in total. The fraction of sp³-hybridized carbons (Fsp3) is 0.750. The van der Waals surface area contributed by atoms with Gasteiger partial charge in [0.05, 0.1) is 0 Å². The molecule has 0 atom stereocenters. The second-order valence-corrected chi connectivity index (χ2v) is 22.8. The Bertz CT molecular complexity index is 1510. The van der Waals surface area contributed by atoms with E-state index in [2.05, 4.69) is 90.1 Å². The molecule has 386 valence electrons. The molecule has 1 aliphatic heterocycles. The number of aryl methyl sites for hydroxylation is 2. The molecule has 0 N–H and O–H groups in total. The second-order valence-electron chi connectivity index (χ2n) is 20.4. The third-order valence-electron chi connectivity index (χ3n) is 14.1. The molecule has 0 aliphatic carbocycles. The summed E-state index contributed by atoms with van der Waals surface area (Å²) in [5.74, 6) is 0. The third-order valence-corrected chi connectivity index (χ3v) is 16.3. The molecule has 0 aromatic heterocycles. The van der Waals surface area contributed by atoms with E-state index in [-0.39, 0.29) is 0 Å². The number of unbranched alkanes of at least 4 members (excludes halogenated alkanes) is 30. The summed E-state index contributed by atoms with van der Waals surface area (Å²) >= 11 is 1.06. The van der Waals surface area contributed by atoms with Crippen LogP contribution in [0.3, 0.4) is 0 Å². The molecule has 0 fully saturated rings. The van der Waals surface area contributed by atoms with Crippen molar-refractivity contribution < 1.29 is 22.7 Å². The summed E-state index contributed by atoms with van der Waals surface area (Å²) in [7, 11) is 0. The summed E-state index contributed by atoms with van der Waals surface area (Å²) in [4.78, 5) is 3.09. The van der Waals surface area contributed by atoms with Crippen LogP contribution in [0.5, 0.6) is 0 Å². The normalized spacial score (nSPS) is 12.8. The van der Waals surface area contributed by atoms with Crippen LogP contribution in [0.4, 0.5) is 0 Å². The Balaban J connectivity index is 0.000000480. The predicted molar refractivity (Wildman–Crippen MR) is 297 cm³/mol. The Morgan fingerprint density at radius 2 is 0.612 bits per heavy atom. The molecule has 0 saturated carbocycles. The van der Waals surface area contributed by atoms with E-state index in [0.717, 1.165) is 91.9 Å². The van der Waals surface area contributed by atoms with Gasteiger partial charge in [0.25, 0.3) is 0 Å². The first-order valence-corrected chi connectivity index (χ1v) is 31.8. The van der Waals surface area contributed by atoms with E-state index in [4.69, 9.17) is 0 Å². The number of benzene rings is 2. The molecule has 1 aliphatic rings. The number of hydrogen-bond acceptors (Lipinski definition) is 0. The number of hydrogen-bond donors (Lipinski definition) is 0. The second kappa shape index (κ2) is 44.1. The van der Waals surface area contributed by atoms with Gasteiger partial charge >= 0.3 is 169 Å². The van der Waals surface area contributed by atoms with Crippen molar-refractivity contribution in [3.63, 3.8) is 0 Å². The van der Waals surface area contributed by atoms with Gasteiger partial charge in [-0.25, -0.2) is 4.70 Å². The van der Waals surface area contributed by atoms with Gasteiger partial charge in [0.1, 0.15) is 0 Å². The summed E-state index contributed by atoms with van der Waals surface area (Å²) in [6.07, 6.45) is 54.7. The fourth-order valence-electron chi connectivity index (χ4n) is 9.81. The third kappa shape index (κ3) is 29.2. The monoisotopic (exact) mass is 1010 g/mol. The van der Waals surface area contributed by atoms with Crippen molar-refractivity contribution in [3.8, 4) is 0 Å². The van der Waals surface area contributed by atoms with Crippen molar-refractivity contribution >= 4 is 11.4 Å². The Morgan fingerprint density at radius 3 is 0.955 bits per heavy atom. The van der Waals surface area contributed by atoms with Crippen molar-refractivity contribution in [2.75, 3.05) is 0 Å². The molecule has 0 unspecified atom stereocenters. The van der Waals surface area contributed by atoms with Crippen molar-refractivity contribution in [1.29, 1.82) is 0 Å². The molecular weight excluding hydrogens is 903 g/mol. The minimum Gasteiger partial charge on any atom is -0.493 e. The molecule has 3 rings (SSSR count). The van der Waals surface area contributed by atoms with Crippen LogP contribution in [-0.2, 0) is 30.8 Å². The molecule has 2 aromatic carbocycles. The standard InChI is InChI=1S/C36H52N2.2C14H29.Pd/c1-5-9-13-14-15-16-20-30-22-18-24-32(28-30)36-34(26-12-8-4)33(25-11-7-3)35(38(36)37)31-23-17-21-29(27-31)19-10-6-2;2*1-3-5-7-9-11-13-14-12-10-8-6-4-2;/h17-18,21-24,27-28H,5-16,19-20,25-26H2,1-4H3;2*1,3-14H2,2H3;. The maximum absolute atomic E-state index is 11.9. The average Bonchev–Trinajstić information content (AvgIpc) is 3.63. The zero-order valence-electron chi connectivity index (χ0n) is 45.5. The Hall–Kier alpha value is -1.82. The quantitative estimate of drug-likeness (QED) is 0.0359. The summed E-state index contributed by atoms with van der Waals surface area (Å²) in [6.45, 7) is 13.7. The van der Waals surface area contributed by atoms with E-state index < -0.39 is 0 Å². The SMILES string of the molecule is CCCCCCCCCCCCC[CH2][Pd][CH2]CCCCCCCCCCCCC.CCCCCCCCc1cccc(C2=C(CCCC)C(CCCC)=C(c3cccc(CCCC)c3)[N+]2=[N-])c1. The first-order valence-electron chi connectivity index (χ1n) is 29.6. The summed E-state index contributed by atoms with van der Waals surface area (Å²) in [5, 5.41) is 0. The minimum atomic E-state index is 1.01. The van der Waals surface area contributed by atoms with E-state index >= 15 is 0 Å². The van der Waals surface area contributed by atoms with Crippen LogP contribution in [0.2, 0.25) is 9.79 Å². The van der Waals surface area contributed by atoms with Gasteiger partial charge in [-0.1, -0.05) is 130 Å². The zero-order chi connectivity index (χ0) is 48.3. The minimum absolute atomic E-state index is 1.01. The van der Waals surface area contributed by atoms with Gasteiger partial charge in [-0.15, -0.1) is 0 Å². The Kier molecular flexibility index (Phi) is 40.4. The van der Waals surface area contributed by atoms with Crippen LogP contribution >= 0.6 is 0 Å². The van der Waals surface area contributed by atoms with Crippen molar-refractivity contribution in [2.45, 2.75) is 308 Å². The first-order chi connectivity index (χ1) is 33.1. The van der Waals surface area contributed by atoms with Gasteiger partial charge < -0.3 is 5.53 Å². The molecule has 3 heteroatoms. The molecule has 0 spiro atoms. The molecular formula is C64H110N2Pd. The van der Waals surface area contributed by atoms with E-state index in [9.17, 15) is 5.53 Å². The van der Waals surface area contributed by atoms with Gasteiger partial charge in [0, 0.05) is 22.3 Å². The number of allylic oxidation sites excluding steroid dienone is 2. The van der Waals surface area contributed by atoms with Gasteiger partial charge in [0.2, 0.25) is 11.4 Å². The van der Waals surface area contributed by atoms with Gasteiger partial charge in [-0.05, 0) is 86.8 Å². The van der Waals surface area contributed by atoms with Crippen LogP contribution in [0.15, 0.2) is 59.7 Å². The Labute approximate surface area is 427 Å². The maximum atomic E-state index is 11.9. The van der Waals surface area contributed by atoms with Gasteiger partial charge in [-0.3, -0.25) is 0 Å². The molecule has 0 saturated heterocycles. The summed E-state index contributed by atoms with van der Waals surface area (Å²) in [5.41, 5.74) is 21.7.